The van der Waals surface area contributed by atoms with Crippen LogP contribution in [-0.4, -0.2) is 17.6 Å². The third-order valence-corrected chi connectivity index (χ3v) is 4.59. The summed E-state index contributed by atoms with van der Waals surface area (Å²) in [5, 5.41) is 0. The first-order valence-electron chi connectivity index (χ1n) is 8.51. The highest BCUT2D eigenvalue weighted by Crippen LogP contribution is 2.38. The average Bonchev–Trinajstić information content (AvgIpc) is 2.88. The molecule has 2 aromatic rings. The van der Waals surface area contributed by atoms with Gasteiger partial charge in [0.1, 0.15) is 5.76 Å². The number of benzene rings is 1. The number of amides is 2. The lowest BCUT2D eigenvalue weighted by molar-refractivity contribution is 0.0827. The topological polar surface area (TPSA) is 88.4 Å². The van der Waals surface area contributed by atoms with Crippen LogP contribution in [0.2, 0.25) is 0 Å². The van der Waals surface area contributed by atoms with E-state index in [4.69, 9.17) is 4.42 Å². The second-order valence-electron chi connectivity index (χ2n) is 7.57. The number of fused-ring (bicyclic) bond motifs is 1. The smallest absolute Gasteiger partial charge is 0.305 e. The number of carbonyl (C=O) groups is 3. The molecule has 1 heterocycles. The number of ketones is 1. The first-order chi connectivity index (χ1) is 12.2. The molecule has 1 aliphatic carbocycles. The second kappa shape index (κ2) is 6.44. The maximum atomic E-state index is 12.4. The fraction of sp³-hybridized carbons (Fsp3) is 0.350. The van der Waals surface area contributed by atoms with Crippen molar-refractivity contribution in [2.45, 2.75) is 40.5 Å². The minimum atomic E-state index is -0.581. The molecule has 6 nitrogen and oxygen atoms in total. The van der Waals surface area contributed by atoms with Crippen molar-refractivity contribution in [3.63, 3.8) is 0 Å². The van der Waals surface area contributed by atoms with Crippen LogP contribution < -0.4 is 10.9 Å². The van der Waals surface area contributed by atoms with E-state index < -0.39 is 11.8 Å². The predicted octanol–water partition coefficient (Wildman–Crippen LogP) is 3.13. The van der Waals surface area contributed by atoms with Crippen LogP contribution in [0.25, 0.3) is 0 Å². The van der Waals surface area contributed by atoms with Gasteiger partial charge in [-0.1, -0.05) is 31.5 Å². The molecule has 0 fully saturated rings. The number of aryl methyl sites for hydroxylation is 1. The Hall–Kier alpha value is -2.89. The molecule has 0 bridgehead atoms. The van der Waals surface area contributed by atoms with E-state index in [0.717, 1.165) is 5.56 Å². The molecule has 0 saturated heterocycles. The van der Waals surface area contributed by atoms with E-state index in [1.165, 1.54) is 0 Å². The number of Topliss-reactive ketones (excluding diaryl/α,β-unsaturated/α-hetero) is 1. The van der Waals surface area contributed by atoms with Gasteiger partial charge in [-0.25, -0.2) is 0 Å². The van der Waals surface area contributed by atoms with Crippen molar-refractivity contribution in [1.29, 1.82) is 0 Å². The summed E-state index contributed by atoms with van der Waals surface area (Å²) in [6.07, 6.45) is 1.02. The van der Waals surface area contributed by atoms with Gasteiger partial charge < -0.3 is 4.42 Å². The van der Waals surface area contributed by atoms with Crippen LogP contribution in [0.15, 0.2) is 28.7 Å². The molecule has 136 valence electrons. The maximum Gasteiger partial charge on any atom is 0.305 e. The van der Waals surface area contributed by atoms with Gasteiger partial charge in [0, 0.05) is 24.0 Å². The van der Waals surface area contributed by atoms with Crippen molar-refractivity contribution >= 4 is 17.6 Å². The number of hydrogen-bond acceptors (Lipinski definition) is 4. The summed E-state index contributed by atoms with van der Waals surface area (Å²) in [6.45, 7) is 7.60. The van der Waals surface area contributed by atoms with Crippen LogP contribution in [0, 0.1) is 19.3 Å². The van der Waals surface area contributed by atoms with Crippen molar-refractivity contribution in [2.24, 2.45) is 5.41 Å². The van der Waals surface area contributed by atoms with Crippen LogP contribution in [0.1, 0.15) is 68.4 Å². The Morgan fingerprint density at radius 3 is 2.27 bits per heavy atom. The largest absolute Gasteiger partial charge is 0.455 e. The molecule has 0 aliphatic heterocycles. The Morgan fingerprint density at radius 1 is 1.00 bits per heavy atom. The minimum absolute atomic E-state index is 0.0137. The Kier molecular flexibility index (Phi) is 4.44. The van der Waals surface area contributed by atoms with Gasteiger partial charge in [-0.15, -0.1) is 0 Å². The van der Waals surface area contributed by atoms with Gasteiger partial charge in [0.15, 0.2) is 11.5 Å². The Morgan fingerprint density at radius 2 is 1.62 bits per heavy atom. The van der Waals surface area contributed by atoms with E-state index in [9.17, 15) is 14.4 Å². The van der Waals surface area contributed by atoms with E-state index >= 15 is 0 Å². The molecule has 3 rings (SSSR count). The zero-order valence-corrected chi connectivity index (χ0v) is 15.4. The van der Waals surface area contributed by atoms with E-state index in [1.54, 1.807) is 19.1 Å². The molecule has 6 heteroatoms. The molecule has 0 spiro atoms. The second-order valence-corrected chi connectivity index (χ2v) is 7.57. The van der Waals surface area contributed by atoms with Crippen LogP contribution in [0.3, 0.4) is 0 Å². The summed E-state index contributed by atoms with van der Waals surface area (Å²) >= 11 is 0. The summed E-state index contributed by atoms with van der Waals surface area (Å²) in [5.74, 6) is -0.420. The number of nitrogens with one attached hydrogen (secondary N) is 2. The highest BCUT2D eigenvalue weighted by atomic mass is 16.4. The zero-order chi connectivity index (χ0) is 19.1. The number of hydrazine groups is 1. The Bertz CT molecular complexity index is 891. The summed E-state index contributed by atoms with van der Waals surface area (Å²) in [7, 11) is 0. The highest BCUT2D eigenvalue weighted by molar-refractivity contribution is 6.04. The first-order valence-corrected chi connectivity index (χ1v) is 8.51. The molecule has 1 aromatic carbocycles. The van der Waals surface area contributed by atoms with Crippen molar-refractivity contribution in [3.05, 3.63) is 58.0 Å². The van der Waals surface area contributed by atoms with E-state index in [0.29, 0.717) is 35.3 Å². The third-order valence-electron chi connectivity index (χ3n) is 4.59. The van der Waals surface area contributed by atoms with Crippen molar-refractivity contribution in [2.75, 3.05) is 0 Å². The Balaban J connectivity index is 1.74. The van der Waals surface area contributed by atoms with Crippen LogP contribution in [0.5, 0.6) is 0 Å². The summed E-state index contributed by atoms with van der Waals surface area (Å²) in [4.78, 5) is 36.9. The molecule has 0 atom stereocenters. The van der Waals surface area contributed by atoms with Crippen LogP contribution >= 0.6 is 0 Å². The minimum Gasteiger partial charge on any atom is -0.455 e. The average molecular weight is 354 g/mol. The summed E-state index contributed by atoms with van der Waals surface area (Å²) in [5.41, 5.74) is 7.02. The molecule has 26 heavy (non-hydrogen) atoms. The number of furan rings is 1. The maximum absolute atomic E-state index is 12.4. The first kappa shape index (κ1) is 17.9. The molecule has 1 aliphatic rings. The standard InChI is InChI=1S/C20H22N2O4/c1-11-5-7-13(8-6-11)18(24)21-22-19(25)17-12(2)16-14(23)9-20(3,4)10-15(16)26-17/h5-8H,9-10H2,1-4H3,(H,21,24)(H,22,25). The van der Waals surface area contributed by atoms with Crippen LogP contribution in [-0.2, 0) is 6.42 Å². The van der Waals surface area contributed by atoms with Crippen LogP contribution in [0.4, 0.5) is 0 Å². The van der Waals surface area contributed by atoms with Crippen molar-refractivity contribution in [3.8, 4) is 0 Å². The van der Waals surface area contributed by atoms with Gasteiger partial charge in [-0.05, 0) is 31.4 Å². The van der Waals surface area contributed by atoms with Gasteiger partial charge in [0.05, 0.1) is 5.56 Å². The number of carbonyl (C=O) groups excluding carboxylic acids is 3. The lowest BCUT2D eigenvalue weighted by Crippen LogP contribution is -2.41. The SMILES string of the molecule is Cc1ccc(C(=O)NNC(=O)c2oc3c(c2C)C(=O)CC(C)(C)C3)cc1. The van der Waals surface area contributed by atoms with Crippen molar-refractivity contribution < 1.29 is 18.8 Å². The monoisotopic (exact) mass is 354 g/mol. The lowest BCUT2D eigenvalue weighted by Gasteiger charge is -2.27. The molecule has 1 aromatic heterocycles. The number of rotatable bonds is 2. The van der Waals surface area contributed by atoms with E-state index in [1.807, 2.05) is 32.9 Å². The molecule has 0 radical (unpaired) electrons. The fourth-order valence-electron chi connectivity index (χ4n) is 3.25. The van der Waals surface area contributed by atoms with Gasteiger partial charge in [0.2, 0.25) is 0 Å². The van der Waals surface area contributed by atoms with Gasteiger partial charge >= 0.3 is 5.91 Å². The third kappa shape index (κ3) is 3.40. The van der Waals surface area contributed by atoms with Gasteiger partial charge in [-0.2, -0.15) is 0 Å². The summed E-state index contributed by atoms with van der Waals surface area (Å²) < 4.78 is 5.67. The quantitative estimate of drug-likeness (QED) is 0.811. The predicted molar refractivity (Wildman–Crippen MR) is 96.0 cm³/mol. The normalized spacial score (nSPS) is 15.3. The molecule has 2 amide bonds. The fourth-order valence-corrected chi connectivity index (χ4v) is 3.25. The van der Waals surface area contributed by atoms with Gasteiger partial charge in [0.25, 0.3) is 5.91 Å². The Labute approximate surface area is 151 Å². The van der Waals surface area contributed by atoms with Crippen molar-refractivity contribution in [1.82, 2.24) is 10.9 Å². The summed E-state index contributed by atoms with van der Waals surface area (Å²) in [6, 6.07) is 6.98. The number of hydrogen-bond donors (Lipinski definition) is 2. The zero-order valence-electron chi connectivity index (χ0n) is 15.4. The lowest BCUT2D eigenvalue weighted by atomic mass is 9.76. The molecular weight excluding hydrogens is 332 g/mol. The van der Waals surface area contributed by atoms with E-state index in [2.05, 4.69) is 10.9 Å². The molecular formula is C20H22N2O4. The molecule has 0 unspecified atom stereocenters. The van der Waals surface area contributed by atoms with E-state index in [-0.39, 0.29) is 17.0 Å². The highest BCUT2D eigenvalue weighted by Gasteiger charge is 2.37. The molecule has 2 N–H and O–H groups in total. The van der Waals surface area contributed by atoms with Gasteiger partial charge in [-0.3, -0.25) is 25.2 Å². The molecule has 0 saturated carbocycles.